The smallest absolute Gasteiger partial charge is 0.0600 e. The van der Waals surface area contributed by atoms with Gasteiger partial charge in [-0.3, -0.25) is 0 Å². The molecule has 106 valence electrons. The van der Waals surface area contributed by atoms with E-state index in [0.29, 0.717) is 24.0 Å². The Morgan fingerprint density at radius 2 is 2.00 bits per heavy atom. The molecular weight excluding hydrogens is 258 g/mol. The number of halogens is 1. The molecule has 1 aromatic carbocycles. The zero-order chi connectivity index (χ0) is 14.0. The summed E-state index contributed by atoms with van der Waals surface area (Å²) in [6.07, 6.45) is 0.591. The Balaban J connectivity index is 2.30. The van der Waals surface area contributed by atoms with Gasteiger partial charge in [0, 0.05) is 17.0 Å². The molecule has 0 aliphatic carbocycles. The van der Waals surface area contributed by atoms with Crippen molar-refractivity contribution in [2.75, 3.05) is 6.54 Å². The molecule has 0 aromatic heterocycles. The first-order valence-electron chi connectivity index (χ1n) is 7.19. The van der Waals surface area contributed by atoms with Crippen LogP contribution in [0.25, 0.3) is 0 Å². The van der Waals surface area contributed by atoms with Crippen LogP contribution >= 0.6 is 11.6 Å². The van der Waals surface area contributed by atoms with Gasteiger partial charge < -0.3 is 10.1 Å². The molecule has 1 aliphatic rings. The highest BCUT2D eigenvalue weighted by atomic mass is 35.5. The van der Waals surface area contributed by atoms with Gasteiger partial charge in [-0.1, -0.05) is 37.6 Å². The molecule has 0 bridgehead atoms. The predicted molar refractivity (Wildman–Crippen MR) is 80.5 cm³/mol. The van der Waals surface area contributed by atoms with Gasteiger partial charge in [0.2, 0.25) is 0 Å². The van der Waals surface area contributed by atoms with Gasteiger partial charge in [-0.2, -0.15) is 0 Å². The SMILES string of the molecule is CCNC(c1cccc(Cl)c1)C1C(C)OC(C)C1C. The molecule has 0 saturated carbocycles. The second-order valence-corrected chi connectivity index (χ2v) is 6.01. The Morgan fingerprint density at radius 1 is 1.26 bits per heavy atom. The topological polar surface area (TPSA) is 21.3 Å². The molecule has 0 amide bonds. The zero-order valence-corrected chi connectivity index (χ0v) is 12.9. The van der Waals surface area contributed by atoms with Crippen molar-refractivity contribution in [1.29, 1.82) is 0 Å². The van der Waals surface area contributed by atoms with E-state index in [4.69, 9.17) is 16.3 Å². The maximum atomic E-state index is 6.14. The summed E-state index contributed by atoms with van der Waals surface area (Å²) in [6.45, 7) is 9.73. The van der Waals surface area contributed by atoms with Crippen molar-refractivity contribution in [3.63, 3.8) is 0 Å². The molecule has 5 atom stereocenters. The van der Waals surface area contributed by atoms with Crippen LogP contribution in [0.5, 0.6) is 0 Å². The van der Waals surface area contributed by atoms with Crippen molar-refractivity contribution in [2.24, 2.45) is 11.8 Å². The lowest BCUT2D eigenvalue weighted by Crippen LogP contribution is -2.34. The standard InChI is InChI=1S/C16H24ClNO/c1-5-18-16(13-7-6-8-14(17)9-13)15-10(2)11(3)19-12(15)4/h6-12,15-16,18H,5H2,1-4H3. The maximum absolute atomic E-state index is 6.14. The summed E-state index contributed by atoms with van der Waals surface area (Å²) in [5, 5.41) is 4.41. The van der Waals surface area contributed by atoms with Crippen LogP contribution in [0.1, 0.15) is 39.3 Å². The molecule has 2 nitrogen and oxygen atoms in total. The third kappa shape index (κ3) is 3.13. The Hall–Kier alpha value is -0.570. The van der Waals surface area contributed by atoms with E-state index in [1.807, 2.05) is 12.1 Å². The van der Waals surface area contributed by atoms with E-state index >= 15 is 0 Å². The molecule has 1 saturated heterocycles. The Labute approximate surface area is 121 Å². The normalized spacial score (nSPS) is 32.5. The fourth-order valence-electron chi connectivity index (χ4n) is 3.26. The van der Waals surface area contributed by atoms with Crippen molar-refractivity contribution in [1.82, 2.24) is 5.32 Å². The Morgan fingerprint density at radius 3 is 2.53 bits per heavy atom. The van der Waals surface area contributed by atoms with E-state index in [-0.39, 0.29) is 6.10 Å². The van der Waals surface area contributed by atoms with E-state index in [0.717, 1.165) is 11.6 Å². The quantitative estimate of drug-likeness (QED) is 0.899. The average molecular weight is 282 g/mol. The van der Waals surface area contributed by atoms with Gasteiger partial charge in [-0.05, 0) is 44.0 Å². The van der Waals surface area contributed by atoms with E-state index < -0.39 is 0 Å². The van der Waals surface area contributed by atoms with Crippen LogP contribution in [0, 0.1) is 11.8 Å². The van der Waals surface area contributed by atoms with Crippen LogP contribution in [0.15, 0.2) is 24.3 Å². The van der Waals surface area contributed by atoms with E-state index in [1.54, 1.807) is 0 Å². The first-order chi connectivity index (χ1) is 9.04. The number of hydrogen-bond donors (Lipinski definition) is 1. The lowest BCUT2D eigenvalue weighted by molar-refractivity contribution is 0.0476. The lowest BCUT2D eigenvalue weighted by atomic mass is 9.80. The molecule has 0 spiro atoms. The van der Waals surface area contributed by atoms with Crippen LogP contribution < -0.4 is 5.32 Å². The van der Waals surface area contributed by atoms with Gasteiger partial charge in [0.1, 0.15) is 0 Å². The van der Waals surface area contributed by atoms with Crippen molar-refractivity contribution < 1.29 is 4.74 Å². The zero-order valence-electron chi connectivity index (χ0n) is 12.2. The number of benzene rings is 1. The molecule has 2 rings (SSSR count). The molecule has 1 heterocycles. The molecule has 19 heavy (non-hydrogen) atoms. The summed E-state index contributed by atoms with van der Waals surface area (Å²) in [7, 11) is 0. The van der Waals surface area contributed by atoms with Crippen LogP contribution in [0.3, 0.4) is 0 Å². The van der Waals surface area contributed by atoms with E-state index in [2.05, 4.69) is 45.1 Å². The van der Waals surface area contributed by atoms with Gasteiger partial charge in [0.25, 0.3) is 0 Å². The maximum Gasteiger partial charge on any atom is 0.0600 e. The second-order valence-electron chi connectivity index (χ2n) is 5.57. The third-order valence-corrected chi connectivity index (χ3v) is 4.57. The summed E-state index contributed by atoms with van der Waals surface area (Å²) in [5.74, 6) is 1.02. The summed E-state index contributed by atoms with van der Waals surface area (Å²) in [4.78, 5) is 0. The van der Waals surface area contributed by atoms with E-state index in [1.165, 1.54) is 5.56 Å². The number of ether oxygens (including phenoxy) is 1. The molecule has 1 aliphatic heterocycles. The van der Waals surface area contributed by atoms with Gasteiger partial charge in [0.05, 0.1) is 12.2 Å². The van der Waals surface area contributed by atoms with Crippen molar-refractivity contribution in [3.05, 3.63) is 34.9 Å². The van der Waals surface area contributed by atoms with Crippen LogP contribution in [0.2, 0.25) is 5.02 Å². The molecule has 1 fully saturated rings. The summed E-state index contributed by atoms with van der Waals surface area (Å²) in [6, 6.07) is 8.48. The highest BCUT2D eigenvalue weighted by Crippen LogP contribution is 2.40. The summed E-state index contributed by atoms with van der Waals surface area (Å²) in [5.41, 5.74) is 1.26. The highest BCUT2D eigenvalue weighted by molar-refractivity contribution is 6.30. The first-order valence-corrected chi connectivity index (χ1v) is 7.56. The molecule has 1 N–H and O–H groups in total. The molecule has 0 radical (unpaired) electrons. The van der Waals surface area contributed by atoms with Crippen molar-refractivity contribution >= 4 is 11.6 Å². The minimum Gasteiger partial charge on any atom is -0.375 e. The minimum atomic E-state index is 0.271. The Bertz CT molecular complexity index is 423. The average Bonchev–Trinajstić information content (AvgIpc) is 2.61. The second kappa shape index (κ2) is 6.25. The van der Waals surface area contributed by atoms with Gasteiger partial charge >= 0.3 is 0 Å². The van der Waals surface area contributed by atoms with Crippen LogP contribution in [-0.2, 0) is 4.74 Å². The number of rotatable bonds is 4. The fraction of sp³-hybridized carbons (Fsp3) is 0.625. The van der Waals surface area contributed by atoms with Crippen LogP contribution in [-0.4, -0.2) is 18.8 Å². The molecule has 3 heteroatoms. The monoisotopic (exact) mass is 281 g/mol. The molecule has 1 aromatic rings. The fourth-order valence-corrected chi connectivity index (χ4v) is 3.46. The highest BCUT2D eigenvalue weighted by Gasteiger charge is 2.41. The Kier molecular flexibility index (Phi) is 4.88. The molecular formula is C16H24ClNO. The minimum absolute atomic E-state index is 0.271. The lowest BCUT2D eigenvalue weighted by Gasteiger charge is -2.30. The largest absolute Gasteiger partial charge is 0.375 e. The number of nitrogens with one attached hydrogen (secondary N) is 1. The predicted octanol–water partition coefficient (Wildman–Crippen LogP) is 4.05. The van der Waals surface area contributed by atoms with Gasteiger partial charge in [0.15, 0.2) is 0 Å². The first kappa shape index (κ1) is 14.8. The van der Waals surface area contributed by atoms with Crippen molar-refractivity contribution in [2.45, 2.75) is 45.9 Å². The third-order valence-electron chi connectivity index (χ3n) is 4.34. The van der Waals surface area contributed by atoms with Gasteiger partial charge in [-0.15, -0.1) is 0 Å². The van der Waals surface area contributed by atoms with E-state index in [9.17, 15) is 0 Å². The van der Waals surface area contributed by atoms with Crippen molar-refractivity contribution in [3.8, 4) is 0 Å². The van der Waals surface area contributed by atoms with Gasteiger partial charge in [-0.25, -0.2) is 0 Å². The van der Waals surface area contributed by atoms with Crippen LogP contribution in [0.4, 0.5) is 0 Å². The summed E-state index contributed by atoms with van der Waals surface area (Å²) < 4.78 is 5.99. The molecule has 5 unspecified atom stereocenters. The summed E-state index contributed by atoms with van der Waals surface area (Å²) >= 11 is 6.14. The number of hydrogen-bond acceptors (Lipinski definition) is 2.